The number of hydrogen-bond donors (Lipinski definition) is 0. The van der Waals surface area contributed by atoms with Crippen LogP contribution in [0.3, 0.4) is 0 Å². The maximum atomic E-state index is 4.18. The lowest BCUT2D eigenvalue weighted by atomic mass is 10.2. The van der Waals surface area contributed by atoms with Crippen LogP contribution in [0.5, 0.6) is 0 Å². The second-order valence-electron chi connectivity index (χ2n) is 6.18. The molecule has 0 fully saturated rings. The van der Waals surface area contributed by atoms with Crippen LogP contribution in [0.25, 0.3) is 21.8 Å². The second kappa shape index (κ2) is 7.66. The Kier molecular flexibility index (Phi) is 4.74. The van der Waals surface area contributed by atoms with E-state index in [1.807, 2.05) is 30.5 Å². The Morgan fingerprint density at radius 3 is 2.15 bits per heavy atom. The summed E-state index contributed by atoms with van der Waals surface area (Å²) in [7, 11) is 0. The van der Waals surface area contributed by atoms with Gasteiger partial charge in [-0.25, -0.2) is 0 Å². The molecule has 5 aromatic rings. The maximum Gasteiger partial charge on any atom is 0.0701 e. The van der Waals surface area contributed by atoms with Crippen LogP contribution in [-0.4, -0.2) is 9.55 Å². The Morgan fingerprint density at radius 1 is 0.615 bits per heavy atom. The van der Waals surface area contributed by atoms with Gasteiger partial charge in [-0.05, 0) is 35.2 Å². The van der Waals surface area contributed by atoms with E-state index in [4.69, 9.17) is 0 Å². The zero-order valence-electron chi connectivity index (χ0n) is 14.5. The van der Waals surface area contributed by atoms with Crippen LogP contribution in [0.1, 0.15) is 5.56 Å². The number of aromatic nitrogens is 2. The molecular weight excluding hydrogens is 316 g/mol. The summed E-state index contributed by atoms with van der Waals surface area (Å²) in [6.07, 6.45) is 3.96. The Labute approximate surface area is 153 Å². The molecule has 0 aliphatic carbocycles. The van der Waals surface area contributed by atoms with E-state index in [0.29, 0.717) is 0 Å². The van der Waals surface area contributed by atoms with Gasteiger partial charge < -0.3 is 4.57 Å². The molecule has 0 atom stereocenters. The van der Waals surface area contributed by atoms with Gasteiger partial charge >= 0.3 is 0 Å². The first kappa shape index (κ1) is 16.1. The molecule has 2 nitrogen and oxygen atoms in total. The molecule has 0 unspecified atom stereocenters. The van der Waals surface area contributed by atoms with Crippen LogP contribution in [0.15, 0.2) is 109 Å². The second-order valence-corrected chi connectivity index (χ2v) is 6.18. The molecule has 0 aliphatic rings. The van der Waals surface area contributed by atoms with Crippen molar-refractivity contribution in [2.75, 3.05) is 0 Å². The lowest BCUT2D eigenvalue weighted by Gasteiger charge is -2.05. The highest BCUT2D eigenvalue weighted by Gasteiger charge is 1.99. The Morgan fingerprint density at radius 2 is 1.31 bits per heavy atom. The fourth-order valence-electron chi connectivity index (χ4n) is 3.07. The number of nitrogens with zero attached hydrogens (tertiary/aromatic N) is 2. The molecule has 0 N–H and O–H groups in total. The van der Waals surface area contributed by atoms with Crippen molar-refractivity contribution >= 4 is 21.8 Å². The third kappa shape index (κ3) is 3.65. The monoisotopic (exact) mass is 336 g/mol. The molecule has 5 rings (SSSR count). The van der Waals surface area contributed by atoms with Gasteiger partial charge in [0.05, 0.1) is 5.52 Å². The van der Waals surface area contributed by atoms with Crippen LogP contribution in [-0.2, 0) is 6.54 Å². The lowest BCUT2D eigenvalue weighted by molar-refractivity contribution is 0.837. The Hall–Kier alpha value is -3.39. The highest BCUT2D eigenvalue weighted by atomic mass is 14.9. The van der Waals surface area contributed by atoms with Gasteiger partial charge in [0.15, 0.2) is 0 Å². The first-order valence-electron chi connectivity index (χ1n) is 8.78. The third-order valence-corrected chi connectivity index (χ3v) is 4.39. The molecule has 0 radical (unpaired) electrons. The number of rotatable bonds is 2. The molecule has 0 spiro atoms. The number of para-hydroxylation sites is 2. The van der Waals surface area contributed by atoms with Crippen molar-refractivity contribution < 1.29 is 0 Å². The molecule has 0 saturated carbocycles. The number of fused-ring (bicyclic) bond motifs is 2. The predicted octanol–water partition coefficient (Wildman–Crippen LogP) is 5.92. The van der Waals surface area contributed by atoms with Crippen LogP contribution < -0.4 is 0 Å². The van der Waals surface area contributed by atoms with Crippen LogP contribution >= 0.6 is 0 Å². The summed E-state index contributed by atoms with van der Waals surface area (Å²) in [6.45, 7) is 0.939. The average molecular weight is 336 g/mol. The van der Waals surface area contributed by atoms with Crippen molar-refractivity contribution in [3.05, 3.63) is 115 Å². The standard InChI is InChI=1S/C15H13N.C9H7N/c1-2-6-13(7-3-1)12-16-11-10-14-8-4-5-9-15(14)16;1-2-6-9-8(4-1)5-3-7-10-9/h1-11H,12H2;1-7H. The predicted molar refractivity (Wildman–Crippen MR) is 109 cm³/mol. The number of benzene rings is 3. The third-order valence-electron chi connectivity index (χ3n) is 4.39. The van der Waals surface area contributed by atoms with E-state index in [0.717, 1.165) is 12.1 Å². The zero-order valence-corrected chi connectivity index (χ0v) is 14.5. The van der Waals surface area contributed by atoms with E-state index < -0.39 is 0 Å². The summed E-state index contributed by atoms with van der Waals surface area (Å²) in [6, 6.07) is 33.3. The zero-order chi connectivity index (χ0) is 17.6. The van der Waals surface area contributed by atoms with Gasteiger partial charge in [0.2, 0.25) is 0 Å². The van der Waals surface area contributed by atoms with Crippen LogP contribution in [0.4, 0.5) is 0 Å². The van der Waals surface area contributed by atoms with Crippen molar-refractivity contribution in [2.24, 2.45) is 0 Å². The SMILES string of the molecule is c1ccc(Cn2ccc3ccccc32)cc1.c1ccc2ncccc2c1. The van der Waals surface area contributed by atoms with Gasteiger partial charge in [-0.15, -0.1) is 0 Å². The maximum absolute atomic E-state index is 4.18. The van der Waals surface area contributed by atoms with E-state index in [2.05, 4.69) is 88.5 Å². The molecule has 126 valence electrons. The number of pyridine rings is 1. The molecule has 0 amide bonds. The summed E-state index contributed by atoms with van der Waals surface area (Å²) in [5.41, 5.74) is 3.69. The fourth-order valence-corrected chi connectivity index (χ4v) is 3.07. The normalized spacial score (nSPS) is 10.5. The molecule has 3 aromatic carbocycles. The summed E-state index contributed by atoms with van der Waals surface area (Å²) in [4.78, 5) is 4.18. The fraction of sp³-hybridized carbons (Fsp3) is 0.0417. The summed E-state index contributed by atoms with van der Waals surface area (Å²) >= 11 is 0. The van der Waals surface area contributed by atoms with E-state index in [9.17, 15) is 0 Å². The van der Waals surface area contributed by atoms with Gasteiger partial charge in [0.1, 0.15) is 0 Å². The molecule has 0 bridgehead atoms. The Bertz CT molecular complexity index is 1050. The average Bonchev–Trinajstić information content (AvgIpc) is 3.12. The van der Waals surface area contributed by atoms with E-state index in [1.54, 1.807) is 0 Å². The minimum Gasteiger partial charge on any atom is -0.343 e. The quantitative estimate of drug-likeness (QED) is 0.391. The van der Waals surface area contributed by atoms with Crippen molar-refractivity contribution in [1.29, 1.82) is 0 Å². The van der Waals surface area contributed by atoms with Gasteiger partial charge in [-0.3, -0.25) is 4.98 Å². The van der Waals surface area contributed by atoms with Gasteiger partial charge in [0.25, 0.3) is 0 Å². The molecule has 0 aliphatic heterocycles. The van der Waals surface area contributed by atoms with Gasteiger partial charge in [-0.1, -0.05) is 72.8 Å². The van der Waals surface area contributed by atoms with E-state index in [1.165, 1.54) is 21.9 Å². The van der Waals surface area contributed by atoms with Crippen molar-refractivity contribution in [3.8, 4) is 0 Å². The minimum atomic E-state index is 0.939. The molecule has 0 saturated heterocycles. The first-order chi connectivity index (χ1) is 12.9. The van der Waals surface area contributed by atoms with Crippen LogP contribution in [0.2, 0.25) is 0 Å². The molecule has 2 heterocycles. The molecule has 2 aromatic heterocycles. The lowest BCUT2D eigenvalue weighted by Crippen LogP contribution is -1.96. The van der Waals surface area contributed by atoms with Crippen LogP contribution in [0, 0.1) is 0 Å². The minimum absolute atomic E-state index is 0.939. The Balaban J connectivity index is 0.000000144. The highest BCUT2D eigenvalue weighted by molar-refractivity contribution is 5.80. The first-order valence-corrected chi connectivity index (χ1v) is 8.78. The largest absolute Gasteiger partial charge is 0.343 e. The van der Waals surface area contributed by atoms with Crippen molar-refractivity contribution in [2.45, 2.75) is 6.54 Å². The van der Waals surface area contributed by atoms with Crippen molar-refractivity contribution in [1.82, 2.24) is 9.55 Å². The summed E-state index contributed by atoms with van der Waals surface area (Å²) in [5.74, 6) is 0. The summed E-state index contributed by atoms with van der Waals surface area (Å²) < 4.78 is 2.28. The summed E-state index contributed by atoms with van der Waals surface area (Å²) in [5, 5.41) is 2.50. The van der Waals surface area contributed by atoms with Gasteiger partial charge in [-0.2, -0.15) is 0 Å². The smallest absolute Gasteiger partial charge is 0.0701 e. The molecular formula is C24H20N2. The van der Waals surface area contributed by atoms with Gasteiger partial charge in [0, 0.05) is 29.8 Å². The molecule has 26 heavy (non-hydrogen) atoms. The highest BCUT2D eigenvalue weighted by Crippen LogP contribution is 2.16. The van der Waals surface area contributed by atoms with E-state index >= 15 is 0 Å². The molecule has 2 heteroatoms. The van der Waals surface area contributed by atoms with E-state index in [-0.39, 0.29) is 0 Å². The number of hydrogen-bond acceptors (Lipinski definition) is 1. The van der Waals surface area contributed by atoms with Crippen molar-refractivity contribution in [3.63, 3.8) is 0 Å². The topological polar surface area (TPSA) is 17.8 Å².